The molecule has 0 amide bonds. The van der Waals surface area contributed by atoms with Gasteiger partial charge in [-0.25, -0.2) is 0 Å². The maximum absolute atomic E-state index is 12.2. The van der Waals surface area contributed by atoms with Gasteiger partial charge in [0.25, 0.3) is 0 Å². The van der Waals surface area contributed by atoms with E-state index in [1.54, 1.807) is 4.90 Å². The summed E-state index contributed by atoms with van der Waals surface area (Å²) >= 11 is 0. The number of carbonyl (C=O) groups is 1. The number of Topliss-reactive ketones (excluding diaryl/α,β-unsaturated/α-hetero) is 1. The number of quaternary nitrogens is 1. The molecular weight excluding hydrogens is 186 g/mol. The highest BCUT2D eigenvalue weighted by atomic mass is 16.1. The Balaban J connectivity index is 1.75. The van der Waals surface area contributed by atoms with E-state index in [2.05, 4.69) is 0 Å². The molecule has 2 heteroatoms. The number of fused-ring (bicyclic) bond motifs is 2. The molecule has 1 saturated heterocycles. The third kappa shape index (κ3) is 1.63. The van der Waals surface area contributed by atoms with Crippen LogP contribution < -0.4 is 4.90 Å². The Morgan fingerprint density at radius 3 is 2.53 bits per heavy atom. The lowest BCUT2D eigenvalue weighted by Crippen LogP contribution is -3.15. The van der Waals surface area contributed by atoms with Crippen molar-refractivity contribution in [2.45, 2.75) is 51.0 Å². The summed E-state index contributed by atoms with van der Waals surface area (Å²) in [7, 11) is 0. The summed E-state index contributed by atoms with van der Waals surface area (Å²) in [5.41, 5.74) is 0. The van der Waals surface area contributed by atoms with Crippen LogP contribution >= 0.6 is 0 Å². The Hall–Kier alpha value is -0.370. The smallest absolute Gasteiger partial charge is 0.144 e. The quantitative estimate of drug-likeness (QED) is 0.677. The zero-order valence-electron chi connectivity index (χ0n) is 9.50. The van der Waals surface area contributed by atoms with E-state index in [0.717, 1.165) is 0 Å². The van der Waals surface area contributed by atoms with Crippen LogP contribution in [-0.2, 0) is 4.79 Å². The molecule has 2 aliphatic carbocycles. The molecule has 2 saturated carbocycles. The first-order chi connectivity index (χ1) is 7.36. The van der Waals surface area contributed by atoms with E-state index >= 15 is 0 Å². The van der Waals surface area contributed by atoms with Crippen molar-refractivity contribution in [1.29, 1.82) is 0 Å². The van der Waals surface area contributed by atoms with Gasteiger partial charge in [-0.1, -0.05) is 6.42 Å². The molecule has 3 aliphatic rings. The fourth-order valence-electron chi connectivity index (χ4n) is 4.13. The Kier molecular flexibility index (Phi) is 2.55. The van der Waals surface area contributed by atoms with Crippen LogP contribution in [0, 0.1) is 11.8 Å². The highest BCUT2D eigenvalue weighted by Gasteiger charge is 2.45. The third-order valence-electron chi connectivity index (χ3n) is 4.92. The molecule has 1 heterocycles. The van der Waals surface area contributed by atoms with Gasteiger partial charge in [-0.2, -0.15) is 0 Å². The van der Waals surface area contributed by atoms with Gasteiger partial charge in [0.1, 0.15) is 5.78 Å². The fraction of sp³-hybridized carbons (Fsp3) is 0.923. The average molecular weight is 208 g/mol. The predicted molar refractivity (Wildman–Crippen MR) is 58.8 cm³/mol. The number of carbonyl (C=O) groups excluding carboxylic acids is 1. The topological polar surface area (TPSA) is 21.5 Å². The Bertz CT molecular complexity index is 257. The molecule has 0 aromatic rings. The zero-order chi connectivity index (χ0) is 10.3. The largest absolute Gasteiger partial charge is 0.332 e. The maximum Gasteiger partial charge on any atom is 0.144 e. The van der Waals surface area contributed by atoms with Gasteiger partial charge in [-0.05, 0) is 19.3 Å². The van der Waals surface area contributed by atoms with E-state index in [4.69, 9.17) is 0 Å². The summed E-state index contributed by atoms with van der Waals surface area (Å²) in [6.07, 6.45) is 9.00. The second kappa shape index (κ2) is 3.89. The SMILES string of the molecule is O=C1[C@@H]2CCC[C@H]1[C@@H]([NH+]1CCCC1)CC2. The summed E-state index contributed by atoms with van der Waals surface area (Å²) in [5.74, 6) is 1.55. The predicted octanol–water partition coefficient (Wildman–Crippen LogP) is 0.813. The van der Waals surface area contributed by atoms with Crippen LogP contribution in [0.3, 0.4) is 0 Å². The first-order valence-electron chi connectivity index (χ1n) is 6.74. The molecule has 1 N–H and O–H groups in total. The van der Waals surface area contributed by atoms with E-state index in [1.807, 2.05) is 0 Å². The average Bonchev–Trinajstić information content (AvgIpc) is 2.70. The number of nitrogens with one attached hydrogen (secondary N) is 1. The van der Waals surface area contributed by atoms with Crippen LogP contribution in [0.2, 0.25) is 0 Å². The highest BCUT2D eigenvalue weighted by molar-refractivity contribution is 5.85. The minimum Gasteiger partial charge on any atom is -0.332 e. The monoisotopic (exact) mass is 208 g/mol. The molecule has 0 aromatic heterocycles. The summed E-state index contributed by atoms with van der Waals surface area (Å²) in [5, 5.41) is 0. The van der Waals surface area contributed by atoms with Gasteiger partial charge < -0.3 is 4.90 Å². The highest BCUT2D eigenvalue weighted by Crippen LogP contribution is 2.36. The molecule has 2 nitrogen and oxygen atoms in total. The van der Waals surface area contributed by atoms with Gasteiger partial charge in [0.15, 0.2) is 0 Å². The van der Waals surface area contributed by atoms with E-state index < -0.39 is 0 Å². The molecule has 3 rings (SSSR count). The van der Waals surface area contributed by atoms with Crippen molar-refractivity contribution in [3.63, 3.8) is 0 Å². The van der Waals surface area contributed by atoms with Crippen LogP contribution in [0.15, 0.2) is 0 Å². The van der Waals surface area contributed by atoms with E-state index in [9.17, 15) is 4.79 Å². The molecule has 1 aliphatic heterocycles. The van der Waals surface area contributed by atoms with Gasteiger partial charge in [-0.15, -0.1) is 0 Å². The second-order valence-electron chi connectivity index (χ2n) is 5.69. The lowest BCUT2D eigenvalue weighted by atomic mass is 9.68. The van der Waals surface area contributed by atoms with Crippen LogP contribution in [0.1, 0.15) is 44.9 Å². The first kappa shape index (κ1) is 9.83. The Morgan fingerprint density at radius 2 is 1.73 bits per heavy atom. The molecule has 0 spiro atoms. The molecule has 0 radical (unpaired) electrons. The normalized spacial score (nSPS) is 42.1. The lowest BCUT2D eigenvalue weighted by Gasteiger charge is -2.40. The van der Waals surface area contributed by atoms with Crippen molar-refractivity contribution in [3.05, 3.63) is 0 Å². The van der Waals surface area contributed by atoms with Crippen LogP contribution in [0.5, 0.6) is 0 Å². The standard InChI is InChI=1S/C13H21NO/c15-13-10-4-3-5-11(13)12(7-6-10)14-8-1-2-9-14/h10-12H,1-9H2/p+1/t10-,11+,12+/m1/s1. The number of likely N-dealkylation sites (tertiary alicyclic amines) is 1. The molecule has 2 bridgehead atoms. The van der Waals surface area contributed by atoms with Gasteiger partial charge in [0, 0.05) is 25.2 Å². The summed E-state index contributed by atoms with van der Waals surface area (Å²) in [6.45, 7) is 2.66. The Morgan fingerprint density at radius 1 is 0.933 bits per heavy atom. The van der Waals surface area contributed by atoms with E-state index in [1.165, 1.54) is 58.0 Å². The fourth-order valence-corrected chi connectivity index (χ4v) is 4.13. The van der Waals surface area contributed by atoms with Gasteiger partial charge in [-0.3, -0.25) is 4.79 Å². The number of rotatable bonds is 1. The van der Waals surface area contributed by atoms with Crippen molar-refractivity contribution in [1.82, 2.24) is 0 Å². The van der Waals surface area contributed by atoms with Gasteiger partial charge in [0.2, 0.25) is 0 Å². The molecule has 0 aromatic carbocycles. The molecule has 84 valence electrons. The lowest BCUT2D eigenvalue weighted by molar-refractivity contribution is -0.917. The van der Waals surface area contributed by atoms with Gasteiger partial charge >= 0.3 is 0 Å². The summed E-state index contributed by atoms with van der Waals surface area (Å²) in [4.78, 5) is 13.9. The van der Waals surface area contributed by atoms with Crippen LogP contribution in [0.4, 0.5) is 0 Å². The number of hydrogen-bond acceptors (Lipinski definition) is 1. The number of hydrogen-bond donors (Lipinski definition) is 1. The van der Waals surface area contributed by atoms with Crippen molar-refractivity contribution < 1.29 is 9.69 Å². The van der Waals surface area contributed by atoms with Crippen LogP contribution in [-0.4, -0.2) is 24.9 Å². The molecular formula is C13H22NO+. The minimum absolute atomic E-state index is 0.450. The minimum atomic E-state index is 0.450. The van der Waals surface area contributed by atoms with Crippen LogP contribution in [0.25, 0.3) is 0 Å². The van der Waals surface area contributed by atoms with Gasteiger partial charge in [0.05, 0.1) is 25.0 Å². The second-order valence-corrected chi connectivity index (χ2v) is 5.69. The van der Waals surface area contributed by atoms with E-state index in [0.29, 0.717) is 23.7 Å². The third-order valence-corrected chi connectivity index (χ3v) is 4.92. The van der Waals surface area contributed by atoms with Crippen molar-refractivity contribution >= 4 is 5.78 Å². The van der Waals surface area contributed by atoms with Crippen molar-refractivity contribution in [2.75, 3.05) is 13.1 Å². The summed E-state index contributed by atoms with van der Waals surface area (Å²) < 4.78 is 0. The molecule has 3 fully saturated rings. The van der Waals surface area contributed by atoms with Crippen molar-refractivity contribution in [3.8, 4) is 0 Å². The maximum atomic E-state index is 12.2. The summed E-state index contributed by atoms with van der Waals surface area (Å²) in [6, 6.07) is 0.705. The molecule has 0 unspecified atom stereocenters. The Labute approximate surface area is 92.0 Å². The first-order valence-corrected chi connectivity index (χ1v) is 6.74. The molecule has 15 heavy (non-hydrogen) atoms. The molecule has 3 atom stereocenters. The van der Waals surface area contributed by atoms with E-state index in [-0.39, 0.29) is 0 Å². The van der Waals surface area contributed by atoms with Crippen molar-refractivity contribution in [2.24, 2.45) is 11.8 Å². The zero-order valence-corrected chi connectivity index (χ0v) is 9.50. The number of ketones is 1.